The van der Waals surface area contributed by atoms with Crippen LogP contribution >= 0.6 is 0 Å². The summed E-state index contributed by atoms with van der Waals surface area (Å²) in [6.07, 6.45) is 3.69. The minimum atomic E-state index is 0.848. The molecule has 0 fully saturated rings. The van der Waals surface area contributed by atoms with Crippen molar-refractivity contribution in [2.45, 2.75) is 6.54 Å². The van der Waals surface area contributed by atoms with Gasteiger partial charge >= 0.3 is 0 Å². The SMILES string of the molecule is C=C[CH]N(CC=C)Cc1ccccc1. The molecule has 0 saturated heterocycles. The topological polar surface area (TPSA) is 3.24 Å². The molecule has 1 radical (unpaired) electrons. The van der Waals surface area contributed by atoms with Gasteiger partial charge in [0.25, 0.3) is 0 Å². The normalized spacial score (nSPS) is 10.1. The van der Waals surface area contributed by atoms with E-state index in [1.165, 1.54) is 5.56 Å². The number of hydrogen-bond donors (Lipinski definition) is 0. The smallest absolute Gasteiger partial charge is 0.0474 e. The highest BCUT2D eigenvalue weighted by Gasteiger charge is 2.01. The molecule has 0 N–H and O–H groups in total. The third-order valence-corrected chi connectivity index (χ3v) is 1.91. The van der Waals surface area contributed by atoms with E-state index < -0.39 is 0 Å². The van der Waals surface area contributed by atoms with Gasteiger partial charge in [-0.15, -0.1) is 13.2 Å². The Morgan fingerprint density at radius 1 is 1.14 bits per heavy atom. The van der Waals surface area contributed by atoms with Crippen LogP contribution < -0.4 is 0 Å². The number of benzene rings is 1. The maximum absolute atomic E-state index is 3.73. The summed E-state index contributed by atoms with van der Waals surface area (Å²) in [4.78, 5) is 2.16. The van der Waals surface area contributed by atoms with Gasteiger partial charge in [-0.1, -0.05) is 42.5 Å². The van der Waals surface area contributed by atoms with Crippen molar-refractivity contribution in [2.24, 2.45) is 0 Å². The van der Waals surface area contributed by atoms with Crippen molar-refractivity contribution in [3.63, 3.8) is 0 Å². The van der Waals surface area contributed by atoms with Crippen molar-refractivity contribution in [3.05, 3.63) is 67.7 Å². The third kappa shape index (κ3) is 3.58. The van der Waals surface area contributed by atoms with Crippen LogP contribution in [0.5, 0.6) is 0 Å². The first-order chi connectivity index (χ1) is 6.86. The fraction of sp³-hybridized carbons (Fsp3) is 0.154. The van der Waals surface area contributed by atoms with Gasteiger partial charge in [0.05, 0.1) is 0 Å². The fourth-order valence-corrected chi connectivity index (χ4v) is 1.31. The van der Waals surface area contributed by atoms with E-state index >= 15 is 0 Å². The lowest BCUT2D eigenvalue weighted by Crippen LogP contribution is -2.19. The van der Waals surface area contributed by atoms with E-state index in [1.807, 2.05) is 18.7 Å². The molecule has 1 aromatic carbocycles. The molecule has 0 aliphatic carbocycles. The van der Waals surface area contributed by atoms with Crippen molar-refractivity contribution in [2.75, 3.05) is 6.54 Å². The van der Waals surface area contributed by atoms with E-state index in [2.05, 4.69) is 42.3 Å². The predicted molar refractivity (Wildman–Crippen MR) is 61.5 cm³/mol. The summed E-state index contributed by atoms with van der Waals surface area (Å²) in [5.41, 5.74) is 1.30. The Morgan fingerprint density at radius 2 is 1.86 bits per heavy atom. The van der Waals surface area contributed by atoms with Gasteiger partial charge in [0.2, 0.25) is 0 Å². The first-order valence-electron chi connectivity index (χ1n) is 4.71. The van der Waals surface area contributed by atoms with E-state index in [-0.39, 0.29) is 0 Å². The molecule has 73 valence electrons. The van der Waals surface area contributed by atoms with Crippen molar-refractivity contribution < 1.29 is 0 Å². The van der Waals surface area contributed by atoms with E-state index in [0.29, 0.717) is 0 Å². The lowest BCUT2D eigenvalue weighted by molar-refractivity contribution is 0.378. The van der Waals surface area contributed by atoms with E-state index in [9.17, 15) is 0 Å². The number of rotatable bonds is 6. The van der Waals surface area contributed by atoms with Gasteiger partial charge in [0.15, 0.2) is 0 Å². The van der Waals surface area contributed by atoms with Gasteiger partial charge in [-0.2, -0.15) is 0 Å². The van der Waals surface area contributed by atoms with Crippen molar-refractivity contribution in [3.8, 4) is 0 Å². The highest BCUT2D eigenvalue weighted by molar-refractivity contribution is 5.15. The molecule has 1 rings (SSSR count). The van der Waals surface area contributed by atoms with Crippen LogP contribution in [0.25, 0.3) is 0 Å². The summed E-state index contributed by atoms with van der Waals surface area (Å²) in [5, 5.41) is 0. The average molecular weight is 186 g/mol. The van der Waals surface area contributed by atoms with Crippen LogP contribution in [-0.2, 0) is 6.54 Å². The molecular formula is C13H16N. The second-order valence-corrected chi connectivity index (χ2v) is 3.09. The molecule has 0 bridgehead atoms. The summed E-state index contributed by atoms with van der Waals surface area (Å²) < 4.78 is 0. The molecule has 0 spiro atoms. The molecule has 0 saturated carbocycles. The Morgan fingerprint density at radius 3 is 2.43 bits per heavy atom. The summed E-state index contributed by atoms with van der Waals surface area (Å²) >= 11 is 0. The Kier molecular flexibility index (Phi) is 4.73. The van der Waals surface area contributed by atoms with E-state index in [1.54, 1.807) is 6.08 Å². The summed E-state index contributed by atoms with van der Waals surface area (Å²) in [6.45, 7) is 11.2. The molecule has 1 nitrogen and oxygen atoms in total. The molecule has 14 heavy (non-hydrogen) atoms. The van der Waals surface area contributed by atoms with E-state index in [0.717, 1.165) is 13.1 Å². The van der Waals surface area contributed by atoms with Crippen LogP contribution in [0.1, 0.15) is 5.56 Å². The van der Waals surface area contributed by atoms with Crippen LogP contribution in [0, 0.1) is 6.54 Å². The summed E-state index contributed by atoms with van der Waals surface area (Å²) in [5.74, 6) is 0. The molecule has 0 atom stereocenters. The van der Waals surface area contributed by atoms with Gasteiger partial charge in [-0.3, -0.25) is 4.90 Å². The van der Waals surface area contributed by atoms with Crippen LogP contribution in [-0.4, -0.2) is 11.4 Å². The molecule has 1 heteroatoms. The van der Waals surface area contributed by atoms with E-state index in [4.69, 9.17) is 0 Å². The van der Waals surface area contributed by atoms with Crippen LogP contribution in [0.3, 0.4) is 0 Å². The maximum atomic E-state index is 3.73. The number of nitrogens with zero attached hydrogens (tertiary/aromatic N) is 1. The fourth-order valence-electron chi connectivity index (χ4n) is 1.31. The lowest BCUT2D eigenvalue weighted by atomic mass is 10.2. The van der Waals surface area contributed by atoms with Gasteiger partial charge in [-0.25, -0.2) is 0 Å². The van der Waals surface area contributed by atoms with Crippen LogP contribution in [0.2, 0.25) is 0 Å². The molecule has 0 amide bonds. The highest BCUT2D eigenvalue weighted by Crippen LogP contribution is 2.05. The lowest BCUT2D eigenvalue weighted by Gasteiger charge is -2.17. The second kappa shape index (κ2) is 6.17. The Labute approximate surface area is 86.4 Å². The molecule has 1 aromatic rings. The van der Waals surface area contributed by atoms with Crippen LogP contribution in [0.4, 0.5) is 0 Å². The second-order valence-electron chi connectivity index (χ2n) is 3.09. The summed E-state index contributed by atoms with van der Waals surface area (Å²) in [6, 6.07) is 10.4. The Balaban J connectivity index is 2.54. The van der Waals surface area contributed by atoms with Gasteiger partial charge in [0, 0.05) is 19.6 Å². The minimum Gasteiger partial charge on any atom is -0.287 e. The average Bonchev–Trinajstić information content (AvgIpc) is 2.20. The monoisotopic (exact) mass is 186 g/mol. The number of hydrogen-bond acceptors (Lipinski definition) is 1. The Hall–Kier alpha value is -1.34. The van der Waals surface area contributed by atoms with Crippen molar-refractivity contribution in [1.82, 2.24) is 4.90 Å². The molecular weight excluding hydrogens is 170 g/mol. The molecule has 0 aromatic heterocycles. The van der Waals surface area contributed by atoms with Gasteiger partial charge in [0.1, 0.15) is 0 Å². The highest BCUT2D eigenvalue weighted by atomic mass is 15.1. The summed E-state index contributed by atoms with van der Waals surface area (Å²) in [7, 11) is 0. The zero-order valence-electron chi connectivity index (χ0n) is 8.39. The molecule has 0 unspecified atom stereocenters. The zero-order chi connectivity index (χ0) is 10.2. The third-order valence-electron chi connectivity index (χ3n) is 1.91. The predicted octanol–water partition coefficient (Wildman–Crippen LogP) is 3.02. The van der Waals surface area contributed by atoms with Crippen LogP contribution in [0.15, 0.2) is 55.6 Å². The first kappa shape index (κ1) is 10.7. The largest absolute Gasteiger partial charge is 0.287 e. The zero-order valence-corrected chi connectivity index (χ0v) is 8.39. The van der Waals surface area contributed by atoms with Crippen molar-refractivity contribution in [1.29, 1.82) is 0 Å². The molecule has 0 aliphatic rings. The van der Waals surface area contributed by atoms with Gasteiger partial charge < -0.3 is 0 Å². The van der Waals surface area contributed by atoms with Gasteiger partial charge in [-0.05, 0) is 5.56 Å². The van der Waals surface area contributed by atoms with Crippen molar-refractivity contribution >= 4 is 0 Å². The first-order valence-corrected chi connectivity index (χ1v) is 4.71. The quantitative estimate of drug-likeness (QED) is 0.617. The molecule has 0 heterocycles. The minimum absolute atomic E-state index is 0.848. The molecule has 0 aliphatic heterocycles. The standard InChI is InChI=1S/C13H16N/c1-3-10-14(11-4-2)12-13-8-6-5-7-9-13/h3-10H,1-2,11-12H2. The maximum Gasteiger partial charge on any atom is 0.0474 e. The Bertz CT molecular complexity index is 267.